The summed E-state index contributed by atoms with van der Waals surface area (Å²) in [6, 6.07) is 2.93. The molecule has 0 spiro atoms. The van der Waals surface area contributed by atoms with Crippen LogP contribution in [0.1, 0.15) is 11.1 Å². The Kier molecular flexibility index (Phi) is 3.57. The van der Waals surface area contributed by atoms with Crippen LogP contribution in [0.4, 0.5) is 13.2 Å². The molecule has 84 valence electrons. The molecule has 0 aliphatic carbocycles. The van der Waals surface area contributed by atoms with Gasteiger partial charge in [0.05, 0.1) is 5.56 Å². The molecule has 2 N–H and O–H groups in total. The standard InChI is InChI=1S/C10H12F3NO/c1-14-5-4-7-6-8(10(11,12)13)2-3-9(7)15/h2-3,6,14-15H,4-5H2,1H3. The molecule has 0 aliphatic heterocycles. The summed E-state index contributed by atoms with van der Waals surface area (Å²) in [6.07, 6.45) is -3.99. The lowest BCUT2D eigenvalue weighted by molar-refractivity contribution is -0.137. The average Bonchev–Trinajstić information content (AvgIpc) is 2.15. The zero-order valence-electron chi connectivity index (χ0n) is 8.23. The van der Waals surface area contributed by atoms with Gasteiger partial charge in [0.15, 0.2) is 0 Å². The van der Waals surface area contributed by atoms with Gasteiger partial charge in [0.1, 0.15) is 5.75 Å². The third kappa shape index (κ3) is 3.13. The van der Waals surface area contributed by atoms with Gasteiger partial charge >= 0.3 is 6.18 Å². The van der Waals surface area contributed by atoms with Crippen molar-refractivity contribution in [2.24, 2.45) is 0 Å². The van der Waals surface area contributed by atoms with Crippen LogP contribution in [0.15, 0.2) is 18.2 Å². The van der Waals surface area contributed by atoms with E-state index in [-0.39, 0.29) is 5.75 Å². The normalized spacial score (nSPS) is 11.7. The van der Waals surface area contributed by atoms with Crippen molar-refractivity contribution >= 4 is 0 Å². The van der Waals surface area contributed by atoms with Crippen molar-refractivity contribution in [1.82, 2.24) is 5.32 Å². The van der Waals surface area contributed by atoms with Crippen LogP contribution in [-0.2, 0) is 12.6 Å². The highest BCUT2D eigenvalue weighted by molar-refractivity contribution is 5.37. The molecule has 0 amide bonds. The Hall–Kier alpha value is -1.23. The minimum Gasteiger partial charge on any atom is -0.508 e. The average molecular weight is 219 g/mol. The topological polar surface area (TPSA) is 32.3 Å². The van der Waals surface area contributed by atoms with Crippen molar-refractivity contribution in [3.05, 3.63) is 29.3 Å². The summed E-state index contributed by atoms with van der Waals surface area (Å²) in [4.78, 5) is 0. The molecule has 0 saturated heterocycles. The fourth-order valence-corrected chi connectivity index (χ4v) is 1.22. The van der Waals surface area contributed by atoms with E-state index in [1.807, 2.05) is 0 Å². The molecule has 1 aromatic carbocycles. The third-order valence-electron chi connectivity index (χ3n) is 2.05. The Morgan fingerprint density at radius 2 is 2.00 bits per heavy atom. The Labute approximate surface area is 85.7 Å². The van der Waals surface area contributed by atoms with Gasteiger partial charge in [-0.15, -0.1) is 0 Å². The lowest BCUT2D eigenvalue weighted by Gasteiger charge is -2.10. The molecular formula is C10H12F3NO. The summed E-state index contributed by atoms with van der Waals surface area (Å²) in [5.74, 6) is -0.0988. The first-order chi connectivity index (χ1) is 6.95. The quantitative estimate of drug-likeness (QED) is 0.816. The largest absolute Gasteiger partial charge is 0.508 e. The maximum Gasteiger partial charge on any atom is 0.416 e. The second-order valence-electron chi connectivity index (χ2n) is 3.19. The van der Waals surface area contributed by atoms with Gasteiger partial charge in [-0.3, -0.25) is 0 Å². The van der Waals surface area contributed by atoms with Crippen molar-refractivity contribution in [3.63, 3.8) is 0 Å². The molecule has 0 fully saturated rings. The number of alkyl halides is 3. The second-order valence-corrected chi connectivity index (χ2v) is 3.19. The first kappa shape index (κ1) is 11.8. The lowest BCUT2D eigenvalue weighted by atomic mass is 10.1. The molecule has 1 rings (SSSR count). The van der Waals surface area contributed by atoms with Crippen molar-refractivity contribution in [1.29, 1.82) is 0 Å². The van der Waals surface area contributed by atoms with Gasteiger partial charge in [-0.05, 0) is 43.8 Å². The highest BCUT2D eigenvalue weighted by Crippen LogP contribution is 2.32. The number of phenols is 1. The minimum absolute atomic E-state index is 0.0988. The zero-order valence-corrected chi connectivity index (χ0v) is 8.23. The first-order valence-corrected chi connectivity index (χ1v) is 4.49. The Morgan fingerprint density at radius 1 is 1.33 bits per heavy atom. The summed E-state index contributed by atoms with van der Waals surface area (Å²) >= 11 is 0. The van der Waals surface area contributed by atoms with Crippen LogP contribution in [0.25, 0.3) is 0 Å². The summed E-state index contributed by atoms with van der Waals surface area (Å²) < 4.78 is 37.0. The van der Waals surface area contributed by atoms with Crippen LogP contribution in [0, 0.1) is 0 Å². The molecule has 0 heterocycles. The molecule has 5 heteroatoms. The zero-order chi connectivity index (χ0) is 11.5. The molecule has 2 nitrogen and oxygen atoms in total. The fraction of sp³-hybridized carbons (Fsp3) is 0.400. The van der Waals surface area contributed by atoms with E-state index in [4.69, 9.17) is 0 Å². The van der Waals surface area contributed by atoms with Crippen LogP contribution in [0.2, 0.25) is 0 Å². The van der Waals surface area contributed by atoms with E-state index in [2.05, 4.69) is 5.32 Å². The molecule has 0 aromatic heterocycles. The highest BCUT2D eigenvalue weighted by atomic mass is 19.4. The number of aromatic hydroxyl groups is 1. The van der Waals surface area contributed by atoms with Crippen LogP contribution < -0.4 is 5.32 Å². The van der Waals surface area contributed by atoms with E-state index in [1.54, 1.807) is 7.05 Å². The van der Waals surface area contributed by atoms with Crippen LogP contribution in [0.3, 0.4) is 0 Å². The lowest BCUT2D eigenvalue weighted by Crippen LogP contribution is -2.11. The van der Waals surface area contributed by atoms with Gasteiger partial charge in [0, 0.05) is 0 Å². The van der Waals surface area contributed by atoms with Crippen molar-refractivity contribution in [2.75, 3.05) is 13.6 Å². The number of hydrogen-bond donors (Lipinski definition) is 2. The molecule has 0 atom stereocenters. The minimum atomic E-state index is -4.36. The number of rotatable bonds is 3. The van der Waals surface area contributed by atoms with E-state index in [9.17, 15) is 18.3 Å². The summed E-state index contributed by atoms with van der Waals surface area (Å²) in [5.41, 5.74) is -0.425. The van der Waals surface area contributed by atoms with Gasteiger partial charge in [0.25, 0.3) is 0 Å². The Balaban J connectivity index is 2.95. The number of phenolic OH excluding ortho intramolecular Hbond substituents is 1. The Bertz CT molecular complexity index is 336. The molecule has 0 radical (unpaired) electrons. The number of hydrogen-bond acceptors (Lipinski definition) is 2. The van der Waals surface area contributed by atoms with Crippen LogP contribution in [-0.4, -0.2) is 18.7 Å². The van der Waals surface area contributed by atoms with Crippen LogP contribution >= 0.6 is 0 Å². The Morgan fingerprint density at radius 3 is 2.53 bits per heavy atom. The molecular weight excluding hydrogens is 207 g/mol. The molecule has 0 saturated carbocycles. The van der Waals surface area contributed by atoms with Gasteiger partial charge in [-0.2, -0.15) is 13.2 Å². The van der Waals surface area contributed by atoms with E-state index < -0.39 is 11.7 Å². The number of benzene rings is 1. The fourth-order valence-electron chi connectivity index (χ4n) is 1.22. The van der Waals surface area contributed by atoms with Gasteiger partial charge in [0.2, 0.25) is 0 Å². The van der Waals surface area contributed by atoms with E-state index in [0.717, 1.165) is 18.2 Å². The first-order valence-electron chi connectivity index (χ1n) is 4.49. The predicted molar refractivity (Wildman–Crippen MR) is 50.7 cm³/mol. The van der Waals surface area contributed by atoms with E-state index in [0.29, 0.717) is 18.5 Å². The second kappa shape index (κ2) is 4.53. The summed E-state index contributed by atoms with van der Waals surface area (Å²) in [7, 11) is 1.70. The SMILES string of the molecule is CNCCc1cc(C(F)(F)F)ccc1O. The maximum absolute atomic E-state index is 12.3. The number of nitrogens with one attached hydrogen (secondary N) is 1. The summed E-state index contributed by atoms with van der Waals surface area (Å²) in [6.45, 7) is 0.523. The van der Waals surface area contributed by atoms with Gasteiger partial charge < -0.3 is 10.4 Å². The van der Waals surface area contributed by atoms with E-state index in [1.165, 1.54) is 0 Å². The molecule has 0 aliphatic rings. The molecule has 1 aromatic rings. The smallest absolute Gasteiger partial charge is 0.416 e. The number of likely N-dealkylation sites (N-methyl/N-ethyl adjacent to an activating group) is 1. The molecule has 15 heavy (non-hydrogen) atoms. The molecule has 0 bridgehead atoms. The van der Waals surface area contributed by atoms with Crippen LogP contribution in [0.5, 0.6) is 5.75 Å². The van der Waals surface area contributed by atoms with Crippen molar-refractivity contribution in [3.8, 4) is 5.75 Å². The van der Waals surface area contributed by atoms with Crippen molar-refractivity contribution in [2.45, 2.75) is 12.6 Å². The van der Waals surface area contributed by atoms with Gasteiger partial charge in [-0.25, -0.2) is 0 Å². The molecule has 0 unspecified atom stereocenters. The van der Waals surface area contributed by atoms with Crippen molar-refractivity contribution < 1.29 is 18.3 Å². The maximum atomic E-state index is 12.3. The van der Waals surface area contributed by atoms with Gasteiger partial charge in [-0.1, -0.05) is 0 Å². The number of halogens is 3. The van der Waals surface area contributed by atoms with E-state index >= 15 is 0 Å². The monoisotopic (exact) mass is 219 g/mol. The predicted octanol–water partition coefficient (Wildman–Crippen LogP) is 2.17. The highest BCUT2D eigenvalue weighted by Gasteiger charge is 2.30. The third-order valence-corrected chi connectivity index (χ3v) is 2.05. The summed E-state index contributed by atoms with van der Waals surface area (Å²) in [5, 5.41) is 12.1.